The van der Waals surface area contributed by atoms with Crippen LogP contribution in [0.4, 0.5) is 0 Å². The zero-order valence-electron chi connectivity index (χ0n) is 46.8. The third kappa shape index (κ3) is 61.7. The molecule has 0 saturated heterocycles. The fraction of sp³-hybridized carbons (Fsp3) is 0.448. The summed E-state index contributed by atoms with van der Waals surface area (Å²) in [5.41, 5.74) is 0. The van der Waals surface area contributed by atoms with Crippen molar-refractivity contribution < 1.29 is 44.3 Å². The molecule has 9 heteroatoms. The molecule has 76 heavy (non-hydrogen) atoms. The molecule has 0 aliphatic carbocycles. The summed E-state index contributed by atoms with van der Waals surface area (Å²) < 4.78 is 10.0. The van der Waals surface area contributed by atoms with Gasteiger partial charge in [0.05, 0.1) is 0 Å². The SMILES string of the molecule is CC/C=C\C/C=C\C/C=C\C/C=C\C/C=C\C/C=C\CCC(=O)O.CC/C=C\C/C=C\C/C=C\C/C=C\C/C=C\CCCC(=O)O.CCCCC/C=C\C/C=C\C/C=C\CCCCC(=O)O.Oc1ccc2c(c1)OCO2. The highest BCUT2D eigenvalue weighted by molar-refractivity contribution is 5.67. The number of carboxylic acid groups (broad SMARTS) is 3. The van der Waals surface area contributed by atoms with Crippen molar-refractivity contribution in [3.8, 4) is 17.2 Å². The molecule has 1 heterocycles. The maximum Gasteiger partial charge on any atom is 0.303 e. The number of phenolic OH excluding ortho intramolecular Hbond substituents is 1. The molecular weight excluding hydrogens is 949 g/mol. The molecule has 1 aromatic carbocycles. The quantitative estimate of drug-likeness (QED) is 0.0372. The summed E-state index contributed by atoms with van der Waals surface area (Å²) in [6.45, 7) is 6.77. The summed E-state index contributed by atoms with van der Waals surface area (Å²) in [6.07, 6.45) is 84.2. The summed E-state index contributed by atoms with van der Waals surface area (Å²) in [4.78, 5) is 30.9. The van der Waals surface area contributed by atoms with Crippen molar-refractivity contribution in [3.63, 3.8) is 0 Å². The highest BCUT2D eigenvalue weighted by Crippen LogP contribution is 2.34. The van der Waals surface area contributed by atoms with Crippen LogP contribution in [0, 0.1) is 0 Å². The zero-order valence-corrected chi connectivity index (χ0v) is 46.8. The van der Waals surface area contributed by atoms with Gasteiger partial charge in [-0.2, -0.15) is 0 Å². The van der Waals surface area contributed by atoms with E-state index in [9.17, 15) is 14.4 Å². The molecule has 0 spiro atoms. The fourth-order valence-electron chi connectivity index (χ4n) is 6.30. The van der Waals surface area contributed by atoms with Gasteiger partial charge in [-0.25, -0.2) is 0 Å². The van der Waals surface area contributed by atoms with Gasteiger partial charge in [-0.1, -0.05) is 204 Å². The van der Waals surface area contributed by atoms with Crippen molar-refractivity contribution in [1.29, 1.82) is 0 Å². The molecule has 0 amide bonds. The second-order valence-corrected chi connectivity index (χ2v) is 17.4. The molecule has 4 N–H and O–H groups in total. The second kappa shape index (κ2) is 60.9. The first kappa shape index (κ1) is 71.5. The van der Waals surface area contributed by atoms with Crippen molar-refractivity contribution >= 4 is 17.9 Å². The Balaban J connectivity index is 0. The van der Waals surface area contributed by atoms with Gasteiger partial charge in [-0.15, -0.1) is 0 Å². The number of carboxylic acids is 3. The van der Waals surface area contributed by atoms with Crippen molar-refractivity contribution in [2.75, 3.05) is 6.79 Å². The van der Waals surface area contributed by atoms with E-state index in [4.69, 9.17) is 29.9 Å². The highest BCUT2D eigenvalue weighted by atomic mass is 16.7. The first-order valence-electron chi connectivity index (χ1n) is 28.0. The molecule has 1 aliphatic rings. The van der Waals surface area contributed by atoms with Crippen LogP contribution in [0.15, 0.2) is 188 Å². The van der Waals surface area contributed by atoms with Crippen LogP contribution < -0.4 is 9.47 Å². The molecule has 0 bridgehead atoms. The summed E-state index contributed by atoms with van der Waals surface area (Å²) in [5.74, 6) is -0.649. The van der Waals surface area contributed by atoms with E-state index in [0.29, 0.717) is 24.3 Å². The van der Waals surface area contributed by atoms with E-state index < -0.39 is 17.9 Å². The van der Waals surface area contributed by atoms with Crippen LogP contribution in [0.5, 0.6) is 17.2 Å². The van der Waals surface area contributed by atoms with Crippen LogP contribution in [0.25, 0.3) is 0 Å². The molecule has 9 nitrogen and oxygen atoms in total. The van der Waals surface area contributed by atoms with Crippen LogP contribution in [0.1, 0.15) is 188 Å². The number of hydrogen-bond acceptors (Lipinski definition) is 6. The maximum atomic E-state index is 10.3. The Hall–Kier alpha value is -6.61. The number of ether oxygens (including phenoxy) is 2. The van der Waals surface area contributed by atoms with E-state index in [2.05, 4.69) is 179 Å². The minimum Gasteiger partial charge on any atom is -0.508 e. The number of allylic oxidation sites excluding steroid dienone is 28. The number of hydrogen-bond donors (Lipinski definition) is 4. The van der Waals surface area contributed by atoms with E-state index in [1.54, 1.807) is 12.1 Å². The first-order chi connectivity index (χ1) is 37.2. The monoisotopic (exact) mass is 1050 g/mol. The van der Waals surface area contributed by atoms with E-state index >= 15 is 0 Å². The molecule has 0 unspecified atom stereocenters. The van der Waals surface area contributed by atoms with Gasteiger partial charge >= 0.3 is 17.9 Å². The third-order valence-corrected chi connectivity index (χ3v) is 10.4. The third-order valence-electron chi connectivity index (χ3n) is 10.4. The lowest BCUT2D eigenvalue weighted by Gasteiger charge is -1.93. The topological polar surface area (TPSA) is 151 Å². The predicted octanol–water partition coefficient (Wildman–Crippen LogP) is 19.3. The summed E-state index contributed by atoms with van der Waals surface area (Å²) >= 11 is 0. The van der Waals surface area contributed by atoms with Gasteiger partial charge in [0.15, 0.2) is 11.5 Å². The Bertz CT molecular complexity index is 1980. The summed E-state index contributed by atoms with van der Waals surface area (Å²) in [5, 5.41) is 34.4. The van der Waals surface area contributed by atoms with Crippen molar-refractivity contribution in [1.82, 2.24) is 0 Å². The zero-order chi connectivity index (χ0) is 55.9. The number of carbonyl (C=O) groups is 3. The average molecular weight is 1050 g/mol. The van der Waals surface area contributed by atoms with Gasteiger partial charge in [0.25, 0.3) is 0 Å². The van der Waals surface area contributed by atoms with Crippen LogP contribution in [0.2, 0.25) is 0 Å². The van der Waals surface area contributed by atoms with E-state index in [0.717, 1.165) is 116 Å². The van der Waals surface area contributed by atoms with E-state index in [1.807, 2.05) is 12.2 Å². The lowest BCUT2D eigenvalue weighted by molar-refractivity contribution is -0.138. The highest BCUT2D eigenvalue weighted by Gasteiger charge is 2.12. The van der Waals surface area contributed by atoms with Crippen LogP contribution in [-0.4, -0.2) is 45.1 Å². The number of benzene rings is 1. The van der Waals surface area contributed by atoms with Crippen molar-refractivity contribution in [2.24, 2.45) is 0 Å². The van der Waals surface area contributed by atoms with Crippen LogP contribution in [0.3, 0.4) is 0 Å². The minimum absolute atomic E-state index is 0.198. The Kier molecular flexibility index (Phi) is 57.3. The van der Waals surface area contributed by atoms with Gasteiger partial charge in [-0.05, 0) is 147 Å². The lowest BCUT2D eigenvalue weighted by atomic mass is 10.2. The van der Waals surface area contributed by atoms with Gasteiger partial charge in [0, 0.05) is 25.3 Å². The molecule has 0 fully saturated rings. The number of unbranched alkanes of at least 4 members (excludes halogenated alkanes) is 6. The number of aliphatic carboxylic acids is 3. The number of aromatic hydroxyl groups is 1. The molecule has 0 aromatic heterocycles. The van der Waals surface area contributed by atoms with Crippen molar-refractivity contribution in [3.05, 3.63) is 188 Å². The molecule has 0 radical (unpaired) electrons. The Morgan fingerprint density at radius 3 is 1.03 bits per heavy atom. The maximum absolute atomic E-state index is 10.3. The van der Waals surface area contributed by atoms with Gasteiger partial charge in [-0.3, -0.25) is 14.4 Å². The van der Waals surface area contributed by atoms with Gasteiger partial charge < -0.3 is 29.9 Å². The molecular formula is C67H98O9. The average Bonchev–Trinajstić information content (AvgIpc) is 3.87. The largest absolute Gasteiger partial charge is 0.508 e. The smallest absolute Gasteiger partial charge is 0.303 e. The van der Waals surface area contributed by atoms with Crippen LogP contribution in [-0.2, 0) is 14.4 Å². The first-order valence-corrected chi connectivity index (χ1v) is 28.0. The molecule has 2 rings (SSSR count). The number of fused-ring (bicyclic) bond motifs is 1. The second-order valence-electron chi connectivity index (χ2n) is 17.4. The minimum atomic E-state index is -0.741. The van der Waals surface area contributed by atoms with E-state index in [1.165, 1.54) is 31.7 Å². The molecule has 1 aliphatic heterocycles. The fourth-order valence-corrected chi connectivity index (χ4v) is 6.30. The van der Waals surface area contributed by atoms with E-state index in [-0.39, 0.29) is 25.4 Å². The van der Waals surface area contributed by atoms with Gasteiger partial charge in [0.2, 0.25) is 6.79 Å². The molecule has 1 aromatic rings. The Morgan fingerprint density at radius 1 is 0.368 bits per heavy atom. The summed E-state index contributed by atoms with van der Waals surface area (Å²) in [6, 6.07) is 4.77. The predicted molar refractivity (Wildman–Crippen MR) is 322 cm³/mol. The summed E-state index contributed by atoms with van der Waals surface area (Å²) in [7, 11) is 0. The van der Waals surface area contributed by atoms with Gasteiger partial charge in [0.1, 0.15) is 5.75 Å². The lowest BCUT2D eigenvalue weighted by Crippen LogP contribution is -1.92. The number of rotatable bonds is 40. The standard InChI is InChI=1S/C22H32O2.C20H30O2.C18H30O2.C7H6O3/c1-2-3-4-5-6-7-8-9-10-11-12-13-14-15-16-17-18-19-20-21-22(23)24;1-2-3-4-5-6-7-8-9-10-11-12-13-14-15-16-17-18-19-20(21)22;1-2-3-4-5-6-7-8-9-10-11-12-13-14-15-16-17-18(19)20;8-5-1-2-6-7(3-5)10-4-9-6/h3-4,6-7,9-10,12-13,15-16,18-19H,2,5,8,11,14,17,20-21H2,1H3,(H,23,24);3-4,6-7,9-10,12-13,15-16H,2,5,8,11,14,17-19H2,1H3,(H,21,22);6-7,9-10,12-13H,2-5,8,11,14-17H2,1H3,(H,19,20);1-3,8H,4H2/b4-3-,7-6-,10-9-,13-12-,16-15-,19-18-;4-3-,7-6-,10-9-,13-12-,16-15-;7-6-,10-9-,13-12-;. The Morgan fingerprint density at radius 2 is 0.671 bits per heavy atom. The number of phenols is 1. The normalized spacial score (nSPS) is 12.8. The Labute approximate surface area is 460 Å². The molecule has 0 saturated carbocycles. The molecule has 0 atom stereocenters. The van der Waals surface area contributed by atoms with Crippen LogP contribution >= 0.6 is 0 Å². The molecule has 420 valence electrons. The van der Waals surface area contributed by atoms with Crippen molar-refractivity contribution in [2.45, 2.75) is 188 Å².